The Hall–Kier alpha value is -2.94. The lowest BCUT2D eigenvalue weighted by molar-refractivity contribution is 0.0779. The summed E-state index contributed by atoms with van der Waals surface area (Å²) in [7, 11) is 0. The zero-order chi connectivity index (χ0) is 24.6. The van der Waals surface area contributed by atoms with E-state index in [1.807, 2.05) is 22.9 Å². The molecular formula is C26H36N6O3. The van der Waals surface area contributed by atoms with E-state index in [1.54, 1.807) is 0 Å². The molecule has 188 valence electrons. The highest BCUT2D eigenvalue weighted by molar-refractivity contribution is 5.83. The van der Waals surface area contributed by atoms with Crippen molar-refractivity contribution in [1.29, 1.82) is 0 Å². The maximum atomic E-state index is 13.2. The highest BCUT2D eigenvalue weighted by Crippen LogP contribution is 2.37. The van der Waals surface area contributed by atoms with Crippen LogP contribution in [-0.4, -0.2) is 42.9 Å². The van der Waals surface area contributed by atoms with E-state index in [0.29, 0.717) is 24.1 Å². The molecule has 0 bridgehead atoms. The molecule has 0 amide bonds. The Bertz CT molecular complexity index is 1240. The van der Waals surface area contributed by atoms with E-state index in [1.165, 1.54) is 19.3 Å². The fourth-order valence-electron chi connectivity index (χ4n) is 5.46. The third-order valence-corrected chi connectivity index (χ3v) is 7.20. The topological polar surface area (TPSA) is 98.2 Å². The number of rotatable bonds is 7. The number of hydrogen-bond acceptors (Lipinski definition) is 7. The molecule has 1 atom stereocenters. The van der Waals surface area contributed by atoms with Gasteiger partial charge in [-0.15, -0.1) is 5.10 Å². The van der Waals surface area contributed by atoms with Gasteiger partial charge in [-0.3, -0.25) is 9.69 Å². The number of tetrazole rings is 1. The van der Waals surface area contributed by atoms with E-state index in [0.717, 1.165) is 48.0 Å². The van der Waals surface area contributed by atoms with Crippen LogP contribution in [-0.2, 0) is 12.1 Å². The number of nitrogens with zero attached hydrogens (tertiary/aromatic N) is 5. The van der Waals surface area contributed by atoms with Gasteiger partial charge in [-0.1, -0.05) is 32.6 Å². The van der Waals surface area contributed by atoms with Crippen molar-refractivity contribution < 1.29 is 9.47 Å². The standard InChI is InChI=1S/C26H36N6O3/c1-5-9-21(24-28-29-30-32(24)26(2,3)4)31(19-10-7-6-8-11-19)15-18-12-17-13-22-23(35-16-34-22)14-20(17)27-25(18)33/h12-14,19,21H,5-11,15-16H2,1-4H3,(H,27,33)/t21-/m0/s1. The number of aromatic nitrogens is 5. The molecular weight excluding hydrogens is 444 g/mol. The van der Waals surface area contributed by atoms with Crippen molar-refractivity contribution in [1.82, 2.24) is 30.1 Å². The Kier molecular flexibility index (Phi) is 6.53. The first-order chi connectivity index (χ1) is 16.8. The van der Waals surface area contributed by atoms with Crippen LogP contribution in [0, 0.1) is 0 Å². The van der Waals surface area contributed by atoms with Gasteiger partial charge in [0.1, 0.15) is 0 Å². The molecule has 0 spiro atoms. The molecule has 1 aliphatic heterocycles. The van der Waals surface area contributed by atoms with Crippen LogP contribution in [0.4, 0.5) is 0 Å². The summed E-state index contributed by atoms with van der Waals surface area (Å²) in [5.74, 6) is 2.26. The zero-order valence-electron chi connectivity index (χ0n) is 21.2. The smallest absolute Gasteiger partial charge is 0.252 e. The van der Waals surface area contributed by atoms with Crippen LogP contribution in [0.25, 0.3) is 10.9 Å². The monoisotopic (exact) mass is 480 g/mol. The number of H-pyrrole nitrogens is 1. The van der Waals surface area contributed by atoms with E-state index in [4.69, 9.17) is 9.47 Å². The second-order valence-electron chi connectivity index (χ2n) is 10.8. The van der Waals surface area contributed by atoms with Crippen molar-refractivity contribution in [3.63, 3.8) is 0 Å². The molecule has 35 heavy (non-hydrogen) atoms. The highest BCUT2D eigenvalue weighted by atomic mass is 16.7. The maximum Gasteiger partial charge on any atom is 0.252 e. The largest absolute Gasteiger partial charge is 0.454 e. The molecule has 1 aliphatic carbocycles. The molecule has 1 N–H and O–H groups in total. The lowest BCUT2D eigenvalue weighted by atomic mass is 9.91. The number of ether oxygens (including phenoxy) is 2. The van der Waals surface area contributed by atoms with Gasteiger partial charge in [0.2, 0.25) is 6.79 Å². The van der Waals surface area contributed by atoms with Crippen LogP contribution in [0.15, 0.2) is 23.0 Å². The Balaban J connectivity index is 1.56. The van der Waals surface area contributed by atoms with Crippen LogP contribution in [0.5, 0.6) is 11.5 Å². The first-order valence-electron chi connectivity index (χ1n) is 12.8. The predicted octanol–water partition coefficient (Wildman–Crippen LogP) is 4.67. The van der Waals surface area contributed by atoms with E-state index < -0.39 is 0 Å². The molecule has 9 heteroatoms. The summed E-state index contributed by atoms with van der Waals surface area (Å²) >= 11 is 0. The minimum atomic E-state index is -0.230. The van der Waals surface area contributed by atoms with Crippen molar-refractivity contribution in [3.05, 3.63) is 39.9 Å². The number of fused-ring (bicyclic) bond motifs is 2. The van der Waals surface area contributed by atoms with Gasteiger partial charge in [-0.05, 0) is 62.6 Å². The van der Waals surface area contributed by atoms with Gasteiger partial charge in [0.05, 0.1) is 17.1 Å². The van der Waals surface area contributed by atoms with E-state index in [-0.39, 0.29) is 23.9 Å². The van der Waals surface area contributed by atoms with Crippen molar-refractivity contribution in [2.45, 2.75) is 96.8 Å². The first-order valence-corrected chi connectivity index (χ1v) is 12.8. The molecule has 1 aromatic carbocycles. The zero-order valence-corrected chi connectivity index (χ0v) is 21.2. The van der Waals surface area contributed by atoms with Gasteiger partial charge in [0.25, 0.3) is 5.56 Å². The minimum absolute atomic E-state index is 0.0316. The van der Waals surface area contributed by atoms with Crippen LogP contribution >= 0.6 is 0 Å². The normalized spacial score (nSPS) is 17.4. The van der Waals surface area contributed by atoms with Crippen molar-refractivity contribution in [2.24, 2.45) is 0 Å². The molecule has 1 fully saturated rings. The molecule has 2 aromatic heterocycles. The predicted molar refractivity (Wildman–Crippen MR) is 134 cm³/mol. The summed E-state index contributed by atoms with van der Waals surface area (Å²) < 4.78 is 13.0. The molecule has 9 nitrogen and oxygen atoms in total. The van der Waals surface area contributed by atoms with Crippen LogP contribution in [0.3, 0.4) is 0 Å². The fraction of sp³-hybridized carbons (Fsp3) is 0.615. The Morgan fingerprint density at radius 1 is 1.14 bits per heavy atom. The molecule has 1 saturated carbocycles. The van der Waals surface area contributed by atoms with E-state index >= 15 is 0 Å². The Labute approximate surface area is 205 Å². The summed E-state index contributed by atoms with van der Waals surface area (Å²) in [4.78, 5) is 18.8. The summed E-state index contributed by atoms with van der Waals surface area (Å²) in [5.41, 5.74) is 1.21. The third-order valence-electron chi connectivity index (χ3n) is 7.20. The van der Waals surface area contributed by atoms with Crippen molar-refractivity contribution >= 4 is 10.9 Å². The van der Waals surface area contributed by atoms with Gasteiger partial charge in [-0.25, -0.2) is 4.68 Å². The quantitative estimate of drug-likeness (QED) is 0.524. The lowest BCUT2D eigenvalue weighted by Gasteiger charge is -2.40. The number of nitrogens with one attached hydrogen (secondary N) is 1. The molecule has 3 aromatic rings. The highest BCUT2D eigenvalue weighted by Gasteiger charge is 2.34. The Morgan fingerprint density at radius 2 is 1.89 bits per heavy atom. The number of hydrogen-bond donors (Lipinski definition) is 1. The van der Waals surface area contributed by atoms with Gasteiger partial charge in [-0.2, -0.15) is 0 Å². The summed E-state index contributed by atoms with van der Waals surface area (Å²) in [6.07, 6.45) is 7.87. The molecule has 5 rings (SSSR count). The molecule has 0 unspecified atom stereocenters. The third kappa shape index (κ3) is 4.78. The van der Waals surface area contributed by atoms with Crippen LogP contribution in [0.1, 0.15) is 90.1 Å². The van der Waals surface area contributed by atoms with Crippen molar-refractivity contribution in [2.75, 3.05) is 6.79 Å². The summed E-state index contributed by atoms with van der Waals surface area (Å²) in [6, 6.07) is 6.22. The SMILES string of the molecule is CCC[C@@H](c1nnnn1C(C)(C)C)N(Cc1cc2cc3c(cc2[nH]c1=O)OCO3)C1CCCCC1. The molecule has 2 aliphatic rings. The second-order valence-corrected chi connectivity index (χ2v) is 10.8. The number of benzene rings is 1. The Morgan fingerprint density at radius 3 is 2.60 bits per heavy atom. The lowest BCUT2D eigenvalue weighted by Crippen LogP contribution is -2.42. The van der Waals surface area contributed by atoms with Gasteiger partial charge in [0.15, 0.2) is 17.3 Å². The second kappa shape index (κ2) is 9.60. The van der Waals surface area contributed by atoms with Gasteiger partial charge >= 0.3 is 0 Å². The minimum Gasteiger partial charge on any atom is -0.454 e. The van der Waals surface area contributed by atoms with Gasteiger partial charge in [0, 0.05) is 29.6 Å². The van der Waals surface area contributed by atoms with Crippen LogP contribution in [0.2, 0.25) is 0 Å². The maximum absolute atomic E-state index is 13.2. The first kappa shape index (κ1) is 23.8. The average molecular weight is 481 g/mol. The van der Waals surface area contributed by atoms with Crippen molar-refractivity contribution in [3.8, 4) is 11.5 Å². The van der Waals surface area contributed by atoms with E-state index in [9.17, 15) is 4.79 Å². The molecule has 0 radical (unpaired) electrons. The molecule has 0 saturated heterocycles. The summed E-state index contributed by atoms with van der Waals surface area (Å²) in [5, 5.41) is 13.9. The number of pyridine rings is 1. The number of aromatic amines is 1. The molecule has 3 heterocycles. The average Bonchev–Trinajstić information content (AvgIpc) is 3.50. The summed E-state index contributed by atoms with van der Waals surface area (Å²) in [6.45, 7) is 9.32. The van der Waals surface area contributed by atoms with Crippen LogP contribution < -0.4 is 15.0 Å². The van der Waals surface area contributed by atoms with Gasteiger partial charge < -0.3 is 14.5 Å². The van der Waals surface area contributed by atoms with E-state index in [2.05, 4.69) is 53.1 Å². The fourth-order valence-corrected chi connectivity index (χ4v) is 5.46.